The first-order valence-corrected chi connectivity index (χ1v) is 6.53. The summed E-state index contributed by atoms with van der Waals surface area (Å²) in [4.78, 5) is 17.8. The van der Waals surface area contributed by atoms with E-state index in [2.05, 4.69) is 16.5 Å². The number of amides is 1. The molecule has 0 radical (unpaired) electrons. The summed E-state index contributed by atoms with van der Waals surface area (Å²) >= 11 is 0. The van der Waals surface area contributed by atoms with Crippen LogP contribution in [0.2, 0.25) is 0 Å². The molecule has 1 aromatic heterocycles. The standard InChI is InChI=1S/C13H21N3O/c1-2-3-13(17)16-7-4-12(5-8-16)10-15-9-6-14-11-15/h6,9,11-12H,2-5,7-8,10H2,1H3. The second-order valence-electron chi connectivity index (χ2n) is 4.83. The fraction of sp³-hybridized carbons (Fsp3) is 0.692. The quantitative estimate of drug-likeness (QED) is 0.799. The largest absolute Gasteiger partial charge is 0.343 e. The van der Waals surface area contributed by atoms with E-state index in [1.165, 1.54) is 0 Å². The van der Waals surface area contributed by atoms with Gasteiger partial charge in [-0.3, -0.25) is 4.79 Å². The van der Waals surface area contributed by atoms with Crippen LogP contribution in [0.1, 0.15) is 32.6 Å². The average Bonchev–Trinajstić information content (AvgIpc) is 2.83. The topological polar surface area (TPSA) is 38.1 Å². The maximum Gasteiger partial charge on any atom is 0.222 e. The van der Waals surface area contributed by atoms with Crippen molar-refractivity contribution in [3.8, 4) is 0 Å². The van der Waals surface area contributed by atoms with Crippen LogP contribution in [0.5, 0.6) is 0 Å². The number of nitrogens with zero attached hydrogens (tertiary/aromatic N) is 3. The minimum absolute atomic E-state index is 0.327. The normalized spacial score (nSPS) is 17.4. The van der Waals surface area contributed by atoms with Gasteiger partial charge in [-0.15, -0.1) is 0 Å². The van der Waals surface area contributed by atoms with Crippen LogP contribution >= 0.6 is 0 Å². The Hall–Kier alpha value is -1.32. The Balaban J connectivity index is 1.76. The SMILES string of the molecule is CCCC(=O)N1CCC(Cn2ccnc2)CC1. The molecule has 1 fully saturated rings. The Bertz CT molecular complexity index is 340. The van der Waals surface area contributed by atoms with Crippen molar-refractivity contribution in [3.05, 3.63) is 18.7 Å². The van der Waals surface area contributed by atoms with Gasteiger partial charge in [-0.2, -0.15) is 0 Å². The molecule has 17 heavy (non-hydrogen) atoms. The van der Waals surface area contributed by atoms with Gasteiger partial charge in [0, 0.05) is 38.4 Å². The van der Waals surface area contributed by atoms with Gasteiger partial charge < -0.3 is 9.47 Å². The summed E-state index contributed by atoms with van der Waals surface area (Å²) in [5.41, 5.74) is 0. The number of piperidine rings is 1. The van der Waals surface area contributed by atoms with Gasteiger partial charge in [0.05, 0.1) is 6.33 Å². The Kier molecular flexibility index (Phi) is 4.18. The molecule has 1 aliphatic rings. The molecular formula is C13H21N3O. The van der Waals surface area contributed by atoms with Crippen LogP contribution in [0.3, 0.4) is 0 Å². The van der Waals surface area contributed by atoms with Crippen LogP contribution in [0.25, 0.3) is 0 Å². The van der Waals surface area contributed by atoms with Crippen LogP contribution in [-0.2, 0) is 11.3 Å². The van der Waals surface area contributed by atoms with Crippen molar-refractivity contribution in [2.75, 3.05) is 13.1 Å². The number of likely N-dealkylation sites (tertiary alicyclic amines) is 1. The molecular weight excluding hydrogens is 214 g/mol. The highest BCUT2D eigenvalue weighted by Crippen LogP contribution is 2.19. The summed E-state index contributed by atoms with van der Waals surface area (Å²) in [6, 6.07) is 0. The second-order valence-corrected chi connectivity index (χ2v) is 4.83. The van der Waals surface area contributed by atoms with Gasteiger partial charge in [0.2, 0.25) is 5.91 Å². The molecule has 1 aliphatic heterocycles. The van der Waals surface area contributed by atoms with Crippen molar-refractivity contribution in [1.29, 1.82) is 0 Å². The van der Waals surface area contributed by atoms with Crippen LogP contribution in [-0.4, -0.2) is 33.4 Å². The lowest BCUT2D eigenvalue weighted by Gasteiger charge is -2.32. The number of rotatable bonds is 4. The van der Waals surface area contributed by atoms with Crippen molar-refractivity contribution in [2.45, 2.75) is 39.2 Å². The Morgan fingerprint density at radius 3 is 2.76 bits per heavy atom. The highest BCUT2D eigenvalue weighted by atomic mass is 16.2. The first-order chi connectivity index (χ1) is 8.29. The molecule has 0 bridgehead atoms. The molecule has 94 valence electrons. The van der Waals surface area contributed by atoms with Crippen molar-refractivity contribution < 1.29 is 4.79 Å². The molecule has 2 rings (SSSR count). The van der Waals surface area contributed by atoms with E-state index < -0.39 is 0 Å². The molecule has 1 amide bonds. The smallest absolute Gasteiger partial charge is 0.222 e. The van der Waals surface area contributed by atoms with E-state index in [1.807, 2.05) is 23.6 Å². The lowest BCUT2D eigenvalue weighted by Crippen LogP contribution is -2.39. The van der Waals surface area contributed by atoms with E-state index in [0.29, 0.717) is 18.2 Å². The average molecular weight is 235 g/mol. The molecule has 0 aromatic carbocycles. The van der Waals surface area contributed by atoms with Crippen LogP contribution in [0, 0.1) is 5.92 Å². The van der Waals surface area contributed by atoms with Gasteiger partial charge in [-0.05, 0) is 25.2 Å². The van der Waals surface area contributed by atoms with Crippen molar-refractivity contribution >= 4 is 5.91 Å². The van der Waals surface area contributed by atoms with E-state index >= 15 is 0 Å². The predicted octanol–water partition coefficient (Wildman–Crippen LogP) is 1.92. The second kappa shape index (κ2) is 5.84. The van der Waals surface area contributed by atoms with E-state index in [1.54, 1.807) is 0 Å². The number of hydrogen-bond donors (Lipinski definition) is 0. The minimum Gasteiger partial charge on any atom is -0.343 e. The van der Waals surface area contributed by atoms with E-state index in [-0.39, 0.29) is 0 Å². The van der Waals surface area contributed by atoms with Gasteiger partial charge in [0.15, 0.2) is 0 Å². The van der Waals surface area contributed by atoms with Gasteiger partial charge in [0.25, 0.3) is 0 Å². The zero-order chi connectivity index (χ0) is 12.1. The molecule has 0 spiro atoms. The molecule has 0 saturated carbocycles. The number of hydrogen-bond acceptors (Lipinski definition) is 2. The highest BCUT2D eigenvalue weighted by Gasteiger charge is 2.22. The first-order valence-electron chi connectivity index (χ1n) is 6.53. The molecule has 4 heteroatoms. The van der Waals surface area contributed by atoms with E-state index in [4.69, 9.17) is 0 Å². The number of carbonyl (C=O) groups is 1. The zero-order valence-corrected chi connectivity index (χ0v) is 10.5. The van der Waals surface area contributed by atoms with Crippen molar-refractivity contribution in [3.63, 3.8) is 0 Å². The van der Waals surface area contributed by atoms with Crippen molar-refractivity contribution in [2.24, 2.45) is 5.92 Å². The summed E-state index contributed by atoms with van der Waals surface area (Å²) in [6.07, 6.45) is 9.59. The third-order valence-corrected chi connectivity index (χ3v) is 3.46. The molecule has 1 aromatic rings. The molecule has 4 nitrogen and oxygen atoms in total. The Labute approximate surface area is 103 Å². The molecule has 0 N–H and O–H groups in total. The van der Waals surface area contributed by atoms with Crippen LogP contribution < -0.4 is 0 Å². The Morgan fingerprint density at radius 2 is 2.18 bits per heavy atom. The van der Waals surface area contributed by atoms with E-state index in [9.17, 15) is 4.79 Å². The summed E-state index contributed by atoms with van der Waals surface area (Å²) < 4.78 is 2.13. The number of aromatic nitrogens is 2. The summed E-state index contributed by atoms with van der Waals surface area (Å²) in [5, 5.41) is 0. The van der Waals surface area contributed by atoms with Gasteiger partial charge in [0.1, 0.15) is 0 Å². The minimum atomic E-state index is 0.327. The number of imidazole rings is 1. The van der Waals surface area contributed by atoms with Crippen LogP contribution in [0.15, 0.2) is 18.7 Å². The summed E-state index contributed by atoms with van der Waals surface area (Å²) in [6.45, 7) is 4.95. The van der Waals surface area contributed by atoms with Gasteiger partial charge >= 0.3 is 0 Å². The maximum atomic E-state index is 11.7. The predicted molar refractivity (Wildman–Crippen MR) is 66.4 cm³/mol. The molecule has 0 aliphatic carbocycles. The molecule has 2 heterocycles. The van der Waals surface area contributed by atoms with E-state index in [0.717, 1.165) is 38.9 Å². The third kappa shape index (κ3) is 3.32. The van der Waals surface area contributed by atoms with Crippen molar-refractivity contribution in [1.82, 2.24) is 14.5 Å². The molecule has 0 atom stereocenters. The fourth-order valence-electron chi connectivity index (χ4n) is 2.43. The molecule has 0 unspecified atom stereocenters. The maximum absolute atomic E-state index is 11.7. The van der Waals surface area contributed by atoms with Gasteiger partial charge in [-0.1, -0.05) is 6.92 Å². The lowest BCUT2D eigenvalue weighted by atomic mass is 9.96. The first kappa shape index (κ1) is 12.1. The fourth-order valence-corrected chi connectivity index (χ4v) is 2.43. The summed E-state index contributed by atoms with van der Waals surface area (Å²) in [5.74, 6) is 1.02. The zero-order valence-electron chi connectivity index (χ0n) is 10.5. The highest BCUT2D eigenvalue weighted by molar-refractivity contribution is 5.76. The third-order valence-electron chi connectivity index (χ3n) is 3.46. The molecule has 1 saturated heterocycles. The number of carbonyl (C=O) groups excluding carboxylic acids is 1. The summed E-state index contributed by atoms with van der Waals surface area (Å²) in [7, 11) is 0. The Morgan fingerprint density at radius 1 is 1.41 bits per heavy atom. The van der Waals surface area contributed by atoms with Crippen LogP contribution in [0.4, 0.5) is 0 Å². The monoisotopic (exact) mass is 235 g/mol. The lowest BCUT2D eigenvalue weighted by molar-refractivity contribution is -0.132. The van der Waals surface area contributed by atoms with Gasteiger partial charge in [-0.25, -0.2) is 4.98 Å².